The second-order valence-electron chi connectivity index (χ2n) is 5.90. The number of ketones is 1. The van der Waals surface area contributed by atoms with Crippen molar-refractivity contribution in [2.45, 2.75) is 0 Å². The summed E-state index contributed by atoms with van der Waals surface area (Å²) in [6.45, 7) is 0. The lowest BCUT2D eigenvalue weighted by molar-refractivity contribution is 0.103. The van der Waals surface area contributed by atoms with Crippen molar-refractivity contribution in [3.8, 4) is 16.9 Å². The van der Waals surface area contributed by atoms with Gasteiger partial charge in [0.1, 0.15) is 5.56 Å². The van der Waals surface area contributed by atoms with E-state index >= 15 is 0 Å². The van der Waals surface area contributed by atoms with Gasteiger partial charge in [-0.1, -0.05) is 78.9 Å². The van der Waals surface area contributed by atoms with Gasteiger partial charge in [0.05, 0.1) is 11.4 Å². The molecule has 1 aromatic heterocycles. The number of para-hydroxylation sites is 1. The van der Waals surface area contributed by atoms with Crippen molar-refractivity contribution < 1.29 is 4.79 Å². The molecule has 0 aliphatic rings. The number of benzene rings is 3. The molecule has 4 nitrogen and oxygen atoms in total. The van der Waals surface area contributed by atoms with Gasteiger partial charge in [0.25, 0.3) is 5.56 Å². The number of hydrogen-bond acceptors (Lipinski definition) is 2. The van der Waals surface area contributed by atoms with Crippen LogP contribution < -0.4 is 5.56 Å². The summed E-state index contributed by atoms with van der Waals surface area (Å²) in [5.74, 6) is -0.291. The van der Waals surface area contributed by atoms with E-state index in [1.165, 1.54) is 4.68 Å². The zero-order chi connectivity index (χ0) is 17.9. The molecule has 1 heterocycles. The van der Waals surface area contributed by atoms with Crippen LogP contribution in [0.1, 0.15) is 15.9 Å². The summed E-state index contributed by atoms with van der Waals surface area (Å²) in [6, 6.07) is 27.5. The fourth-order valence-electron chi connectivity index (χ4n) is 2.95. The van der Waals surface area contributed by atoms with Crippen LogP contribution in [0.4, 0.5) is 0 Å². The van der Waals surface area contributed by atoms with Gasteiger partial charge in [0, 0.05) is 11.1 Å². The number of aromatic nitrogens is 2. The second-order valence-corrected chi connectivity index (χ2v) is 5.90. The SMILES string of the molecule is O=C(c1ccccc1)c1c(-c2ccccc2)[nH]n(-c2ccccc2)c1=O. The Morgan fingerprint density at radius 2 is 1.27 bits per heavy atom. The first kappa shape index (κ1) is 15.8. The summed E-state index contributed by atoms with van der Waals surface area (Å²) in [7, 11) is 0. The van der Waals surface area contributed by atoms with Gasteiger partial charge in [-0.05, 0) is 12.1 Å². The molecule has 0 spiro atoms. The second kappa shape index (κ2) is 6.69. The van der Waals surface area contributed by atoms with Crippen LogP contribution in [0.5, 0.6) is 0 Å². The summed E-state index contributed by atoms with van der Waals surface area (Å²) in [6.07, 6.45) is 0. The molecule has 0 radical (unpaired) electrons. The summed E-state index contributed by atoms with van der Waals surface area (Å²) >= 11 is 0. The van der Waals surface area contributed by atoms with Crippen molar-refractivity contribution in [3.63, 3.8) is 0 Å². The molecule has 26 heavy (non-hydrogen) atoms. The van der Waals surface area contributed by atoms with Crippen LogP contribution in [0.15, 0.2) is 95.8 Å². The molecule has 0 bridgehead atoms. The molecule has 0 saturated heterocycles. The van der Waals surface area contributed by atoms with E-state index in [9.17, 15) is 9.59 Å². The third-order valence-electron chi connectivity index (χ3n) is 4.23. The Labute approximate surface area is 150 Å². The minimum absolute atomic E-state index is 0.145. The Morgan fingerprint density at radius 1 is 0.731 bits per heavy atom. The van der Waals surface area contributed by atoms with Gasteiger partial charge in [0.2, 0.25) is 5.78 Å². The van der Waals surface area contributed by atoms with E-state index < -0.39 is 0 Å². The first-order valence-electron chi connectivity index (χ1n) is 8.31. The van der Waals surface area contributed by atoms with Crippen molar-refractivity contribution in [2.24, 2.45) is 0 Å². The Morgan fingerprint density at radius 3 is 1.88 bits per heavy atom. The third kappa shape index (κ3) is 2.78. The molecular weight excluding hydrogens is 324 g/mol. The summed E-state index contributed by atoms with van der Waals surface area (Å²) in [4.78, 5) is 26.2. The van der Waals surface area contributed by atoms with Gasteiger partial charge in [-0.2, -0.15) is 0 Å². The lowest BCUT2D eigenvalue weighted by atomic mass is 10.0. The van der Waals surface area contributed by atoms with E-state index in [1.807, 2.05) is 66.7 Å². The molecular formula is C22H16N2O2. The van der Waals surface area contributed by atoms with Gasteiger partial charge in [-0.3, -0.25) is 14.7 Å². The predicted octanol–water partition coefficient (Wildman–Crippen LogP) is 4.06. The molecule has 0 fully saturated rings. The third-order valence-corrected chi connectivity index (χ3v) is 4.23. The number of rotatable bonds is 4. The number of carbonyl (C=O) groups is 1. The molecule has 1 N–H and O–H groups in total. The fourth-order valence-corrected chi connectivity index (χ4v) is 2.95. The van der Waals surface area contributed by atoms with Crippen LogP contribution in [0.2, 0.25) is 0 Å². The van der Waals surface area contributed by atoms with Crippen molar-refractivity contribution in [1.29, 1.82) is 0 Å². The van der Waals surface area contributed by atoms with E-state index in [-0.39, 0.29) is 16.9 Å². The largest absolute Gasteiger partial charge is 0.290 e. The predicted molar refractivity (Wildman–Crippen MR) is 102 cm³/mol. The molecule has 0 atom stereocenters. The maximum Gasteiger partial charge on any atom is 0.283 e. The average molecular weight is 340 g/mol. The van der Waals surface area contributed by atoms with E-state index in [4.69, 9.17) is 0 Å². The van der Waals surface area contributed by atoms with E-state index in [0.29, 0.717) is 16.9 Å². The van der Waals surface area contributed by atoms with Crippen LogP contribution in [-0.2, 0) is 0 Å². The smallest absolute Gasteiger partial charge is 0.283 e. The van der Waals surface area contributed by atoms with Gasteiger partial charge in [0.15, 0.2) is 0 Å². The first-order chi connectivity index (χ1) is 12.8. The zero-order valence-electron chi connectivity index (χ0n) is 13.9. The first-order valence-corrected chi connectivity index (χ1v) is 8.31. The highest BCUT2D eigenvalue weighted by Gasteiger charge is 2.23. The Bertz CT molecular complexity index is 1100. The van der Waals surface area contributed by atoms with Crippen LogP contribution in [0.25, 0.3) is 16.9 Å². The number of H-pyrrole nitrogens is 1. The number of nitrogens with one attached hydrogen (secondary N) is 1. The number of hydrogen-bond donors (Lipinski definition) is 1. The monoisotopic (exact) mass is 340 g/mol. The molecule has 4 aromatic rings. The Kier molecular flexibility index (Phi) is 4.07. The minimum atomic E-state index is -0.357. The quantitative estimate of drug-likeness (QED) is 0.570. The van der Waals surface area contributed by atoms with Crippen molar-refractivity contribution in [3.05, 3.63) is 112 Å². The highest BCUT2D eigenvalue weighted by Crippen LogP contribution is 2.22. The molecule has 0 amide bonds. The summed E-state index contributed by atoms with van der Waals surface area (Å²) < 4.78 is 1.42. The standard InChI is InChI=1S/C22H16N2O2/c25-21(17-12-6-2-7-13-17)19-20(16-10-4-1-5-11-16)23-24(22(19)26)18-14-8-3-9-15-18/h1-15,23H. The topological polar surface area (TPSA) is 54.9 Å². The van der Waals surface area contributed by atoms with Crippen molar-refractivity contribution in [2.75, 3.05) is 0 Å². The minimum Gasteiger partial charge on any atom is -0.290 e. The maximum absolute atomic E-state index is 13.1. The average Bonchev–Trinajstić information content (AvgIpc) is 3.06. The Hall–Kier alpha value is -3.66. The molecule has 3 aromatic carbocycles. The summed E-state index contributed by atoms with van der Waals surface area (Å²) in [5.41, 5.74) is 2.27. The lowest BCUT2D eigenvalue weighted by Gasteiger charge is -2.02. The maximum atomic E-state index is 13.1. The van der Waals surface area contributed by atoms with Crippen LogP contribution in [-0.4, -0.2) is 15.6 Å². The number of carbonyl (C=O) groups excluding carboxylic acids is 1. The fraction of sp³-hybridized carbons (Fsp3) is 0. The van der Waals surface area contributed by atoms with E-state index in [2.05, 4.69) is 5.10 Å². The number of nitrogens with zero attached hydrogens (tertiary/aromatic N) is 1. The van der Waals surface area contributed by atoms with Crippen LogP contribution in [0, 0.1) is 0 Å². The molecule has 0 unspecified atom stereocenters. The Balaban J connectivity index is 1.96. The molecule has 4 heteroatoms. The normalized spacial score (nSPS) is 10.6. The van der Waals surface area contributed by atoms with Crippen molar-refractivity contribution in [1.82, 2.24) is 9.78 Å². The highest BCUT2D eigenvalue weighted by atomic mass is 16.2. The zero-order valence-corrected chi connectivity index (χ0v) is 13.9. The van der Waals surface area contributed by atoms with Crippen LogP contribution >= 0.6 is 0 Å². The van der Waals surface area contributed by atoms with E-state index in [1.54, 1.807) is 24.3 Å². The summed E-state index contributed by atoms with van der Waals surface area (Å²) in [5, 5.41) is 3.12. The van der Waals surface area contributed by atoms with E-state index in [0.717, 1.165) is 5.56 Å². The van der Waals surface area contributed by atoms with Crippen LogP contribution in [0.3, 0.4) is 0 Å². The van der Waals surface area contributed by atoms with Gasteiger partial charge < -0.3 is 0 Å². The van der Waals surface area contributed by atoms with Crippen molar-refractivity contribution >= 4 is 5.78 Å². The molecule has 0 aliphatic carbocycles. The molecule has 4 rings (SSSR count). The molecule has 126 valence electrons. The van der Waals surface area contributed by atoms with Gasteiger partial charge in [-0.25, -0.2) is 4.68 Å². The molecule has 0 saturated carbocycles. The molecule has 0 aliphatic heterocycles. The number of aromatic amines is 1. The highest BCUT2D eigenvalue weighted by molar-refractivity contribution is 6.12. The van der Waals surface area contributed by atoms with Gasteiger partial charge in [-0.15, -0.1) is 0 Å². The lowest BCUT2D eigenvalue weighted by Crippen LogP contribution is -2.20. The van der Waals surface area contributed by atoms with Gasteiger partial charge >= 0.3 is 0 Å².